The predicted molar refractivity (Wildman–Crippen MR) is 102 cm³/mol. The quantitative estimate of drug-likeness (QED) is 0.837. The number of hydrogen-bond donors (Lipinski definition) is 0. The lowest BCUT2D eigenvalue weighted by molar-refractivity contribution is -0.135. The molecule has 0 radical (unpaired) electrons. The number of nitrogens with zero attached hydrogens (tertiary/aromatic N) is 3. The van der Waals surface area contributed by atoms with Crippen molar-refractivity contribution < 1.29 is 9.59 Å². The van der Waals surface area contributed by atoms with Crippen LogP contribution in [0.4, 0.5) is 5.69 Å². The smallest absolute Gasteiger partial charge is 0.228 e. The second kappa shape index (κ2) is 7.68. The molecule has 1 atom stereocenters. The molecule has 2 heterocycles. The summed E-state index contributed by atoms with van der Waals surface area (Å²) < 4.78 is 0. The van der Waals surface area contributed by atoms with Crippen LogP contribution in [0.5, 0.6) is 0 Å². The SMILES string of the molecule is O=C([C@@H]1CC(=O)N(C2CCCC2)C1)N1CCCN(c2ccccc2)CC1. The first kappa shape index (κ1) is 17.4. The predicted octanol–water partition coefficient (Wildman–Crippen LogP) is 2.52. The van der Waals surface area contributed by atoms with Crippen molar-refractivity contribution >= 4 is 17.5 Å². The van der Waals surface area contributed by atoms with E-state index in [4.69, 9.17) is 0 Å². The molecule has 4 rings (SSSR count). The van der Waals surface area contributed by atoms with Crippen molar-refractivity contribution in [1.82, 2.24) is 9.80 Å². The number of carbonyl (C=O) groups is 2. The summed E-state index contributed by atoms with van der Waals surface area (Å²) >= 11 is 0. The Balaban J connectivity index is 1.35. The molecular weight excluding hydrogens is 326 g/mol. The van der Waals surface area contributed by atoms with Crippen LogP contribution in [0, 0.1) is 5.92 Å². The maximum absolute atomic E-state index is 13.0. The van der Waals surface area contributed by atoms with Crippen LogP contribution in [-0.2, 0) is 9.59 Å². The Kier molecular flexibility index (Phi) is 5.14. The summed E-state index contributed by atoms with van der Waals surface area (Å²) in [5.41, 5.74) is 1.23. The number of likely N-dealkylation sites (tertiary alicyclic amines) is 1. The van der Waals surface area contributed by atoms with Gasteiger partial charge in [0.15, 0.2) is 0 Å². The minimum absolute atomic E-state index is 0.133. The molecule has 0 N–H and O–H groups in total. The van der Waals surface area contributed by atoms with E-state index in [9.17, 15) is 9.59 Å². The highest BCUT2D eigenvalue weighted by Crippen LogP contribution is 2.30. The highest BCUT2D eigenvalue weighted by Gasteiger charge is 2.40. The van der Waals surface area contributed by atoms with Gasteiger partial charge in [-0.3, -0.25) is 9.59 Å². The van der Waals surface area contributed by atoms with Gasteiger partial charge in [-0.2, -0.15) is 0 Å². The Bertz CT molecular complexity index is 642. The number of amides is 2. The number of benzene rings is 1. The Morgan fingerprint density at radius 3 is 2.46 bits per heavy atom. The Morgan fingerprint density at radius 1 is 0.923 bits per heavy atom. The first-order valence-corrected chi connectivity index (χ1v) is 10.1. The van der Waals surface area contributed by atoms with Crippen molar-refractivity contribution in [3.63, 3.8) is 0 Å². The Morgan fingerprint density at radius 2 is 1.69 bits per heavy atom. The maximum atomic E-state index is 13.0. The largest absolute Gasteiger partial charge is 0.370 e. The lowest BCUT2D eigenvalue weighted by Crippen LogP contribution is -2.41. The van der Waals surface area contributed by atoms with Gasteiger partial charge in [-0.1, -0.05) is 31.0 Å². The third-order valence-electron chi connectivity index (χ3n) is 6.20. The normalized spacial score (nSPS) is 25.0. The van der Waals surface area contributed by atoms with Gasteiger partial charge in [-0.25, -0.2) is 0 Å². The van der Waals surface area contributed by atoms with Crippen LogP contribution in [0.3, 0.4) is 0 Å². The van der Waals surface area contributed by atoms with E-state index in [1.807, 2.05) is 15.9 Å². The van der Waals surface area contributed by atoms with E-state index >= 15 is 0 Å². The summed E-state index contributed by atoms with van der Waals surface area (Å²) in [5, 5.41) is 0. The molecule has 2 saturated heterocycles. The molecule has 3 fully saturated rings. The zero-order chi connectivity index (χ0) is 17.9. The molecule has 1 aromatic carbocycles. The standard InChI is InChI=1S/C21H29N3O2/c25-20-15-17(16-24(20)19-9-4-5-10-19)21(26)23-12-6-11-22(13-14-23)18-7-2-1-3-8-18/h1-3,7-8,17,19H,4-6,9-16H2/t17-/m1/s1. The number of hydrogen-bond acceptors (Lipinski definition) is 3. The summed E-state index contributed by atoms with van der Waals surface area (Å²) in [4.78, 5) is 31.8. The number of para-hydroxylation sites is 1. The summed E-state index contributed by atoms with van der Waals surface area (Å²) in [6.07, 6.45) is 6.05. The van der Waals surface area contributed by atoms with Crippen LogP contribution in [0.1, 0.15) is 38.5 Å². The molecular formula is C21H29N3O2. The fourth-order valence-electron chi connectivity index (χ4n) is 4.76. The molecule has 0 spiro atoms. The number of anilines is 1. The zero-order valence-corrected chi connectivity index (χ0v) is 15.5. The molecule has 3 aliphatic rings. The zero-order valence-electron chi connectivity index (χ0n) is 15.5. The average Bonchev–Trinajstić information content (AvgIpc) is 3.25. The molecule has 0 unspecified atom stereocenters. The molecule has 140 valence electrons. The molecule has 5 nitrogen and oxygen atoms in total. The van der Waals surface area contributed by atoms with Gasteiger partial charge in [0.25, 0.3) is 0 Å². The molecule has 5 heteroatoms. The van der Waals surface area contributed by atoms with E-state index in [1.165, 1.54) is 18.5 Å². The minimum Gasteiger partial charge on any atom is -0.370 e. The molecule has 0 aromatic heterocycles. The van der Waals surface area contributed by atoms with Gasteiger partial charge in [-0.05, 0) is 31.4 Å². The van der Waals surface area contributed by atoms with Gasteiger partial charge in [0, 0.05) is 50.9 Å². The van der Waals surface area contributed by atoms with Crippen LogP contribution < -0.4 is 4.90 Å². The first-order valence-electron chi connectivity index (χ1n) is 10.1. The van der Waals surface area contributed by atoms with Crippen molar-refractivity contribution in [2.75, 3.05) is 37.6 Å². The Labute approximate surface area is 155 Å². The van der Waals surface area contributed by atoms with Gasteiger partial charge in [-0.15, -0.1) is 0 Å². The topological polar surface area (TPSA) is 43.9 Å². The van der Waals surface area contributed by atoms with E-state index in [0.29, 0.717) is 19.0 Å². The highest BCUT2D eigenvalue weighted by molar-refractivity contribution is 5.89. The molecule has 2 aliphatic heterocycles. The number of carbonyl (C=O) groups excluding carboxylic acids is 2. The van der Waals surface area contributed by atoms with Gasteiger partial charge in [0.1, 0.15) is 0 Å². The van der Waals surface area contributed by atoms with E-state index in [1.54, 1.807) is 0 Å². The first-order chi connectivity index (χ1) is 12.7. The minimum atomic E-state index is -0.133. The van der Waals surface area contributed by atoms with Crippen LogP contribution in [0.15, 0.2) is 30.3 Å². The monoisotopic (exact) mass is 355 g/mol. The van der Waals surface area contributed by atoms with E-state index in [-0.39, 0.29) is 17.7 Å². The van der Waals surface area contributed by atoms with Crippen LogP contribution in [0.2, 0.25) is 0 Å². The average molecular weight is 355 g/mol. The summed E-state index contributed by atoms with van der Waals surface area (Å²) in [7, 11) is 0. The second-order valence-electron chi connectivity index (χ2n) is 7.89. The molecule has 1 saturated carbocycles. The summed E-state index contributed by atoms with van der Waals surface area (Å²) in [6, 6.07) is 10.8. The van der Waals surface area contributed by atoms with Crippen molar-refractivity contribution in [2.24, 2.45) is 5.92 Å². The fourth-order valence-corrected chi connectivity index (χ4v) is 4.76. The lowest BCUT2D eigenvalue weighted by atomic mass is 10.1. The van der Waals surface area contributed by atoms with Gasteiger partial charge >= 0.3 is 0 Å². The second-order valence-corrected chi connectivity index (χ2v) is 7.89. The van der Waals surface area contributed by atoms with E-state index in [0.717, 1.165) is 45.4 Å². The van der Waals surface area contributed by atoms with Gasteiger partial charge in [0.2, 0.25) is 11.8 Å². The van der Waals surface area contributed by atoms with Crippen molar-refractivity contribution in [3.8, 4) is 0 Å². The Hall–Kier alpha value is -2.04. The van der Waals surface area contributed by atoms with Gasteiger partial charge in [0.05, 0.1) is 5.92 Å². The molecule has 26 heavy (non-hydrogen) atoms. The van der Waals surface area contributed by atoms with Crippen molar-refractivity contribution in [2.45, 2.75) is 44.6 Å². The lowest BCUT2D eigenvalue weighted by Gasteiger charge is -2.26. The third kappa shape index (κ3) is 3.57. The van der Waals surface area contributed by atoms with Gasteiger partial charge < -0.3 is 14.7 Å². The molecule has 2 amide bonds. The molecule has 1 aromatic rings. The molecule has 0 bridgehead atoms. The van der Waals surface area contributed by atoms with Crippen LogP contribution >= 0.6 is 0 Å². The van der Waals surface area contributed by atoms with Crippen LogP contribution in [-0.4, -0.2) is 60.4 Å². The van der Waals surface area contributed by atoms with Crippen molar-refractivity contribution in [1.29, 1.82) is 0 Å². The summed E-state index contributed by atoms with van der Waals surface area (Å²) in [5.74, 6) is 0.246. The summed E-state index contributed by atoms with van der Waals surface area (Å²) in [6.45, 7) is 4.04. The highest BCUT2D eigenvalue weighted by atomic mass is 16.2. The van der Waals surface area contributed by atoms with Crippen LogP contribution in [0.25, 0.3) is 0 Å². The fraction of sp³-hybridized carbons (Fsp3) is 0.619. The number of rotatable bonds is 3. The maximum Gasteiger partial charge on any atom is 0.228 e. The van der Waals surface area contributed by atoms with E-state index < -0.39 is 0 Å². The van der Waals surface area contributed by atoms with Crippen molar-refractivity contribution in [3.05, 3.63) is 30.3 Å². The van der Waals surface area contributed by atoms with E-state index in [2.05, 4.69) is 29.2 Å². The molecule has 1 aliphatic carbocycles. The third-order valence-corrected chi connectivity index (χ3v) is 6.20.